The summed E-state index contributed by atoms with van der Waals surface area (Å²) in [5, 5.41) is 5.30. The molecule has 0 spiro atoms. The lowest BCUT2D eigenvalue weighted by Gasteiger charge is -2.10. The molecule has 0 aliphatic heterocycles. The van der Waals surface area contributed by atoms with Crippen molar-refractivity contribution in [3.63, 3.8) is 0 Å². The van der Waals surface area contributed by atoms with Gasteiger partial charge >= 0.3 is 5.97 Å². The number of aryl methyl sites for hydroxylation is 1. The summed E-state index contributed by atoms with van der Waals surface area (Å²) in [4.78, 5) is 35.8. The maximum Gasteiger partial charge on any atom is 0.306 e. The third-order valence-corrected chi connectivity index (χ3v) is 4.18. The van der Waals surface area contributed by atoms with Crippen LogP contribution in [0.15, 0.2) is 42.5 Å². The van der Waals surface area contributed by atoms with Crippen molar-refractivity contribution in [3.05, 3.63) is 53.6 Å². The number of hydrogen-bond donors (Lipinski definition) is 2. The van der Waals surface area contributed by atoms with Gasteiger partial charge in [0.15, 0.2) is 18.1 Å². The smallest absolute Gasteiger partial charge is 0.306 e. The highest BCUT2D eigenvalue weighted by atomic mass is 16.5. The third kappa shape index (κ3) is 6.80. The van der Waals surface area contributed by atoms with Crippen molar-refractivity contribution in [2.24, 2.45) is 0 Å². The van der Waals surface area contributed by atoms with Gasteiger partial charge < -0.3 is 24.8 Å². The number of amides is 2. The zero-order valence-electron chi connectivity index (χ0n) is 17.3. The van der Waals surface area contributed by atoms with E-state index in [1.807, 2.05) is 13.0 Å². The number of hydrogen-bond acceptors (Lipinski definition) is 6. The summed E-state index contributed by atoms with van der Waals surface area (Å²) in [6.45, 7) is 1.92. The van der Waals surface area contributed by atoms with Crippen LogP contribution in [0.5, 0.6) is 11.5 Å². The van der Waals surface area contributed by atoms with Crippen LogP contribution in [0.25, 0.3) is 0 Å². The first-order valence-electron chi connectivity index (χ1n) is 9.51. The van der Waals surface area contributed by atoms with Crippen LogP contribution >= 0.6 is 0 Å². The molecule has 0 fully saturated rings. The zero-order valence-corrected chi connectivity index (χ0v) is 17.3. The average Bonchev–Trinajstić information content (AvgIpc) is 2.76. The number of carbonyl (C=O) groups is 3. The minimum absolute atomic E-state index is 0.120. The Balaban J connectivity index is 1.80. The first-order chi connectivity index (χ1) is 14.5. The number of methoxy groups -OCH3 is 2. The Morgan fingerprint density at radius 3 is 2.43 bits per heavy atom. The first kappa shape index (κ1) is 22.7. The van der Waals surface area contributed by atoms with E-state index in [4.69, 9.17) is 14.2 Å². The Labute approximate surface area is 175 Å². The van der Waals surface area contributed by atoms with E-state index in [2.05, 4.69) is 10.6 Å². The standard InChI is InChI=1S/C22H26N2O6/c1-4-23-22(27)16-6-5-7-17(13-16)24-20(25)14-30-21(26)11-9-15-8-10-18(28-2)19(12-15)29-3/h5-8,10,12-13H,4,9,11,14H2,1-3H3,(H,23,27)(H,24,25). The van der Waals surface area contributed by atoms with E-state index in [0.717, 1.165) is 5.56 Å². The molecule has 30 heavy (non-hydrogen) atoms. The summed E-state index contributed by atoms with van der Waals surface area (Å²) in [5.74, 6) is -0.0111. The zero-order chi connectivity index (χ0) is 21.9. The Hall–Kier alpha value is -3.55. The molecule has 0 saturated heterocycles. The highest BCUT2D eigenvalue weighted by Gasteiger charge is 2.11. The molecule has 0 radical (unpaired) electrons. The molecule has 2 aromatic carbocycles. The molecule has 2 aromatic rings. The Morgan fingerprint density at radius 2 is 1.73 bits per heavy atom. The fraction of sp³-hybridized carbons (Fsp3) is 0.318. The Morgan fingerprint density at radius 1 is 0.967 bits per heavy atom. The van der Waals surface area contributed by atoms with Crippen LogP contribution in [0.4, 0.5) is 5.69 Å². The number of nitrogens with one attached hydrogen (secondary N) is 2. The molecule has 2 rings (SSSR count). The van der Waals surface area contributed by atoms with Crippen LogP contribution < -0.4 is 20.1 Å². The highest BCUT2D eigenvalue weighted by molar-refractivity contribution is 5.97. The van der Waals surface area contributed by atoms with E-state index in [9.17, 15) is 14.4 Å². The summed E-state index contributed by atoms with van der Waals surface area (Å²) < 4.78 is 15.4. The van der Waals surface area contributed by atoms with E-state index in [-0.39, 0.29) is 12.3 Å². The molecule has 0 aliphatic rings. The molecule has 0 bridgehead atoms. The van der Waals surface area contributed by atoms with E-state index < -0.39 is 18.5 Å². The van der Waals surface area contributed by atoms with Gasteiger partial charge in [-0.25, -0.2) is 0 Å². The van der Waals surface area contributed by atoms with E-state index in [1.54, 1.807) is 50.6 Å². The molecule has 0 aliphatic carbocycles. The van der Waals surface area contributed by atoms with Crippen LogP contribution in [0.2, 0.25) is 0 Å². The predicted octanol–water partition coefficient (Wildman–Crippen LogP) is 2.57. The summed E-state index contributed by atoms with van der Waals surface area (Å²) in [6, 6.07) is 11.9. The number of ether oxygens (including phenoxy) is 3. The SMILES string of the molecule is CCNC(=O)c1cccc(NC(=O)COC(=O)CCc2ccc(OC)c(OC)c2)c1. The lowest BCUT2D eigenvalue weighted by molar-refractivity contribution is -0.147. The molecule has 0 aromatic heterocycles. The topological polar surface area (TPSA) is 103 Å². The molecule has 0 atom stereocenters. The van der Waals surface area contributed by atoms with Crippen LogP contribution in [-0.4, -0.2) is 45.2 Å². The molecule has 160 valence electrons. The van der Waals surface area contributed by atoms with Gasteiger partial charge in [0.05, 0.1) is 14.2 Å². The molecule has 0 saturated carbocycles. The quantitative estimate of drug-likeness (QED) is 0.579. The Bertz CT molecular complexity index is 897. The molecule has 0 unspecified atom stereocenters. The second-order valence-electron chi connectivity index (χ2n) is 6.34. The average molecular weight is 414 g/mol. The number of rotatable bonds is 10. The molecule has 0 heterocycles. The maximum absolute atomic E-state index is 12.0. The second kappa shape index (κ2) is 11.5. The van der Waals surface area contributed by atoms with Crippen molar-refractivity contribution in [3.8, 4) is 11.5 Å². The van der Waals surface area contributed by atoms with Crippen LogP contribution in [0.3, 0.4) is 0 Å². The van der Waals surface area contributed by atoms with Gasteiger partial charge in [0.1, 0.15) is 0 Å². The molecule has 2 amide bonds. The van der Waals surface area contributed by atoms with Gasteiger partial charge in [-0.3, -0.25) is 14.4 Å². The van der Waals surface area contributed by atoms with Crippen LogP contribution in [-0.2, 0) is 20.7 Å². The van der Waals surface area contributed by atoms with Gasteiger partial charge in [0.25, 0.3) is 11.8 Å². The lowest BCUT2D eigenvalue weighted by atomic mass is 10.1. The van der Waals surface area contributed by atoms with Crippen molar-refractivity contribution in [2.75, 3.05) is 32.7 Å². The monoisotopic (exact) mass is 414 g/mol. The van der Waals surface area contributed by atoms with Crippen LogP contribution in [0.1, 0.15) is 29.3 Å². The number of esters is 1. The molecular formula is C22H26N2O6. The molecular weight excluding hydrogens is 388 g/mol. The normalized spacial score (nSPS) is 10.1. The molecule has 2 N–H and O–H groups in total. The maximum atomic E-state index is 12.0. The fourth-order valence-corrected chi connectivity index (χ4v) is 2.70. The number of anilines is 1. The van der Waals surface area contributed by atoms with Crippen LogP contribution in [0, 0.1) is 0 Å². The van der Waals surface area contributed by atoms with Gasteiger partial charge in [-0.05, 0) is 49.2 Å². The van der Waals surface area contributed by atoms with Gasteiger partial charge in [-0.2, -0.15) is 0 Å². The van der Waals surface area contributed by atoms with Crippen molar-refractivity contribution in [2.45, 2.75) is 19.8 Å². The minimum atomic E-state index is -0.490. The highest BCUT2D eigenvalue weighted by Crippen LogP contribution is 2.28. The summed E-state index contributed by atoms with van der Waals surface area (Å²) in [6.07, 6.45) is 0.560. The summed E-state index contributed by atoms with van der Waals surface area (Å²) in [5.41, 5.74) is 1.77. The van der Waals surface area contributed by atoms with Crippen molar-refractivity contribution in [1.29, 1.82) is 0 Å². The first-order valence-corrected chi connectivity index (χ1v) is 9.51. The Kier molecular flexibility index (Phi) is 8.68. The minimum Gasteiger partial charge on any atom is -0.493 e. The molecule has 8 heteroatoms. The van der Waals surface area contributed by atoms with E-state index in [0.29, 0.717) is 35.7 Å². The summed E-state index contributed by atoms with van der Waals surface area (Å²) in [7, 11) is 3.09. The van der Waals surface area contributed by atoms with Crippen molar-refractivity contribution >= 4 is 23.5 Å². The number of benzene rings is 2. The van der Waals surface area contributed by atoms with Gasteiger partial charge in [-0.15, -0.1) is 0 Å². The van der Waals surface area contributed by atoms with Crippen molar-refractivity contribution < 1.29 is 28.6 Å². The van der Waals surface area contributed by atoms with E-state index >= 15 is 0 Å². The largest absolute Gasteiger partial charge is 0.493 e. The lowest BCUT2D eigenvalue weighted by Crippen LogP contribution is -2.23. The van der Waals surface area contributed by atoms with Gasteiger partial charge in [0, 0.05) is 24.2 Å². The summed E-state index contributed by atoms with van der Waals surface area (Å²) >= 11 is 0. The van der Waals surface area contributed by atoms with Gasteiger partial charge in [0.2, 0.25) is 0 Å². The van der Waals surface area contributed by atoms with Crippen molar-refractivity contribution in [1.82, 2.24) is 5.32 Å². The molecule has 8 nitrogen and oxygen atoms in total. The van der Waals surface area contributed by atoms with Gasteiger partial charge in [-0.1, -0.05) is 12.1 Å². The third-order valence-electron chi connectivity index (χ3n) is 4.18. The fourth-order valence-electron chi connectivity index (χ4n) is 2.70. The predicted molar refractivity (Wildman–Crippen MR) is 112 cm³/mol. The second-order valence-corrected chi connectivity index (χ2v) is 6.34. The van der Waals surface area contributed by atoms with E-state index in [1.165, 1.54) is 0 Å². The number of carbonyl (C=O) groups excluding carboxylic acids is 3.